The van der Waals surface area contributed by atoms with Crippen molar-refractivity contribution in [2.24, 2.45) is 0 Å². The number of rotatable bonds is 6. The molecular formula is C24H22Cl2N2O3S. The van der Waals surface area contributed by atoms with Gasteiger partial charge in [-0.3, -0.25) is 4.79 Å². The van der Waals surface area contributed by atoms with Gasteiger partial charge in [0.1, 0.15) is 16.4 Å². The normalized spacial score (nSPS) is 14.2. The molecule has 166 valence electrons. The lowest BCUT2D eigenvalue weighted by Gasteiger charge is -2.26. The van der Waals surface area contributed by atoms with Crippen LogP contribution in [-0.4, -0.2) is 23.9 Å². The number of nitrogens with zero attached hydrogens (tertiary/aromatic N) is 2. The van der Waals surface area contributed by atoms with Gasteiger partial charge < -0.3 is 18.6 Å². The van der Waals surface area contributed by atoms with Gasteiger partial charge in [0.05, 0.1) is 29.4 Å². The molecule has 3 aromatic heterocycles. The first-order chi connectivity index (χ1) is 15.6. The Morgan fingerprint density at radius 2 is 1.81 bits per heavy atom. The van der Waals surface area contributed by atoms with Crippen LogP contribution in [0.5, 0.6) is 0 Å². The van der Waals surface area contributed by atoms with Gasteiger partial charge in [0.2, 0.25) is 0 Å². The van der Waals surface area contributed by atoms with Gasteiger partial charge in [-0.2, -0.15) is 0 Å². The minimum atomic E-state index is -0.181. The number of carbonyl (C=O) groups excluding carboxylic acids is 1. The average molecular weight is 489 g/mol. The van der Waals surface area contributed by atoms with Crippen LogP contribution >= 0.6 is 34.5 Å². The van der Waals surface area contributed by atoms with Crippen LogP contribution in [0.4, 0.5) is 5.88 Å². The van der Waals surface area contributed by atoms with Crippen molar-refractivity contribution in [3.8, 4) is 0 Å². The van der Waals surface area contributed by atoms with E-state index in [1.807, 2.05) is 36.4 Å². The Morgan fingerprint density at radius 1 is 1.00 bits per heavy atom. The highest BCUT2D eigenvalue weighted by atomic mass is 35.5. The fourth-order valence-corrected chi connectivity index (χ4v) is 5.98. The predicted molar refractivity (Wildman–Crippen MR) is 129 cm³/mol. The molecule has 8 heteroatoms. The molecule has 32 heavy (non-hydrogen) atoms. The summed E-state index contributed by atoms with van der Waals surface area (Å²) in [5.41, 5.74) is 0. The zero-order valence-corrected chi connectivity index (χ0v) is 19.7. The van der Waals surface area contributed by atoms with Gasteiger partial charge >= 0.3 is 0 Å². The van der Waals surface area contributed by atoms with Crippen LogP contribution in [0.25, 0.3) is 10.1 Å². The van der Waals surface area contributed by atoms with Crippen molar-refractivity contribution in [2.75, 3.05) is 18.0 Å². The second-order valence-corrected chi connectivity index (χ2v) is 9.72. The monoisotopic (exact) mass is 488 g/mol. The van der Waals surface area contributed by atoms with E-state index in [0.717, 1.165) is 29.4 Å². The number of benzene rings is 1. The van der Waals surface area contributed by atoms with Crippen molar-refractivity contribution in [1.82, 2.24) is 4.90 Å². The van der Waals surface area contributed by atoms with Crippen molar-refractivity contribution in [3.63, 3.8) is 0 Å². The van der Waals surface area contributed by atoms with Crippen molar-refractivity contribution < 1.29 is 13.6 Å². The van der Waals surface area contributed by atoms with Gasteiger partial charge in [0.15, 0.2) is 5.88 Å². The van der Waals surface area contributed by atoms with Crippen molar-refractivity contribution in [1.29, 1.82) is 0 Å². The molecule has 0 radical (unpaired) electrons. The lowest BCUT2D eigenvalue weighted by molar-refractivity contribution is 0.0710. The zero-order chi connectivity index (χ0) is 22.1. The lowest BCUT2D eigenvalue weighted by Crippen LogP contribution is -2.30. The smallest absolute Gasteiger partial charge is 0.266 e. The van der Waals surface area contributed by atoms with Gasteiger partial charge in [-0.25, -0.2) is 0 Å². The first-order valence-corrected chi connectivity index (χ1v) is 12.2. The standard InChI is InChI=1S/C24H22Cl2N2O3S/c25-18-7-4-8-19-21(18)22(26)23(32-19)24(29)28(14-16-6-5-13-30-16)15-17-9-10-20(31-17)27-11-2-1-3-12-27/h4-10,13H,1-3,11-12,14-15H2. The largest absolute Gasteiger partial charge is 0.467 e. The zero-order valence-electron chi connectivity index (χ0n) is 17.4. The Labute approximate surface area is 200 Å². The Morgan fingerprint density at radius 3 is 2.56 bits per heavy atom. The maximum Gasteiger partial charge on any atom is 0.266 e. The number of piperidine rings is 1. The third kappa shape index (κ3) is 4.27. The third-order valence-electron chi connectivity index (χ3n) is 5.68. The summed E-state index contributed by atoms with van der Waals surface area (Å²) < 4.78 is 12.5. The fraction of sp³-hybridized carbons (Fsp3) is 0.292. The summed E-state index contributed by atoms with van der Waals surface area (Å²) in [6, 6.07) is 13.1. The van der Waals surface area contributed by atoms with E-state index in [-0.39, 0.29) is 5.91 Å². The molecule has 1 aromatic carbocycles. The third-order valence-corrected chi connectivity index (χ3v) is 7.62. The SMILES string of the molecule is O=C(c1sc2cccc(Cl)c2c1Cl)N(Cc1ccco1)Cc1ccc(N2CCCCC2)o1. The molecule has 1 amide bonds. The van der Waals surface area contributed by atoms with Gasteiger partial charge in [0.25, 0.3) is 5.91 Å². The summed E-state index contributed by atoms with van der Waals surface area (Å²) in [5, 5.41) is 1.64. The van der Waals surface area contributed by atoms with Crippen LogP contribution in [0, 0.1) is 0 Å². The van der Waals surface area contributed by atoms with E-state index in [1.54, 1.807) is 17.2 Å². The summed E-state index contributed by atoms with van der Waals surface area (Å²) in [6.45, 7) is 2.62. The van der Waals surface area contributed by atoms with Gasteiger partial charge in [-0.1, -0.05) is 29.3 Å². The van der Waals surface area contributed by atoms with E-state index in [9.17, 15) is 4.79 Å². The van der Waals surface area contributed by atoms with Gasteiger partial charge in [0, 0.05) is 29.2 Å². The number of fused-ring (bicyclic) bond motifs is 1. The van der Waals surface area contributed by atoms with Gasteiger partial charge in [-0.15, -0.1) is 11.3 Å². The summed E-state index contributed by atoms with van der Waals surface area (Å²) in [5.74, 6) is 2.09. The fourth-order valence-electron chi connectivity index (χ4n) is 4.07. The van der Waals surface area contributed by atoms with Gasteiger partial charge in [-0.05, 0) is 49.6 Å². The van der Waals surface area contributed by atoms with E-state index in [2.05, 4.69) is 4.90 Å². The van der Waals surface area contributed by atoms with E-state index in [1.165, 1.54) is 30.6 Å². The molecule has 1 aliphatic heterocycles. The molecule has 0 bridgehead atoms. The van der Waals surface area contributed by atoms with E-state index in [0.29, 0.717) is 39.2 Å². The summed E-state index contributed by atoms with van der Waals surface area (Å²) >= 11 is 14.3. The maximum atomic E-state index is 13.6. The summed E-state index contributed by atoms with van der Waals surface area (Å²) in [6.07, 6.45) is 5.21. The highest BCUT2D eigenvalue weighted by Gasteiger charge is 2.26. The average Bonchev–Trinajstić information content (AvgIpc) is 3.55. The van der Waals surface area contributed by atoms with Crippen molar-refractivity contribution in [3.05, 3.63) is 75.2 Å². The molecule has 0 unspecified atom stereocenters. The number of amides is 1. The molecule has 4 aromatic rings. The predicted octanol–water partition coefficient (Wildman–Crippen LogP) is 7.23. The summed E-state index contributed by atoms with van der Waals surface area (Å²) in [7, 11) is 0. The molecule has 1 fully saturated rings. The van der Waals surface area contributed by atoms with E-state index in [4.69, 9.17) is 32.0 Å². The van der Waals surface area contributed by atoms with Crippen LogP contribution in [0.2, 0.25) is 10.0 Å². The minimum Gasteiger partial charge on any atom is -0.467 e. The van der Waals surface area contributed by atoms with Crippen LogP contribution in [0.3, 0.4) is 0 Å². The second kappa shape index (κ2) is 9.22. The number of thiophene rings is 1. The molecule has 0 spiro atoms. The van der Waals surface area contributed by atoms with Crippen LogP contribution in [-0.2, 0) is 13.1 Å². The number of carbonyl (C=O) groups is 1. The topological polar surface area (TPSA) is 49.8 Å². The quantitative estimate of drug-likeness (QED) is 0.287. The Bertz CT molecular complexity index is 1230. The molecule has 1 aliphatic rings. The van der Waals surface area contributed by atoms with Crippen LogP contribution in [0.1, 0.15) is 40.5 Å². The first kappa shape index (κ1) is 21.4. The second-order valence-electron chi connectivity index (χ2n) is 7.89. The van der Waals surface area contributed by atoms with Crippen molar-refractivity contribution >= 4 is 56.4 Å². The molecule has 0 saturated carbocycles. The number of anilines is 1. The van der Waals surface area contributed by atoms with E-state index >= 15 is 0 Å². The van der Waals surface area contributed by atoms with Crippen LogP contribution in [0.15, 0.2) is 57.6 Å². The Kier molecular flexibility index (Phi) is 6.17. The highest BCUT2D eigenvalue weighted by Crippen LogP contribution is 2.40. The number of furan rings is 2. The Hall–Kier alpha value is -2.41. The maximum absolute atomic E-state index is 13.6. The lowest BCUT2D eigenvalue weighted by atomic mass is 10.1. The summed E-state index contributed by atoms with van der Waals surface area (Å²) in [4.78, 5) is 18.0. The highest BCUT2D eigenvalue weighted by molar-refractivity contribution is 7.21. The molecule has 5 rings (SSSR count). The van der Waals surface area contributed by atoms with Crippen LogP contribution < -0.4 is 4.90 Å². The molecule has 5 nitrogen and oxygen atoms in total. The number of halogens is 2. The molecule has 1 saturated heterocycles. The molecule has 0 aliphatic carbocycles. The van der Waals surface area contributed by atoms with Crippen molar-refractivity contribution in [2.45, 2.75) is 32.4 Å². The number of hydrogen-bond acceptors (Lipinski definition) is 5. The Balaban J connectivity index is 1.44. The first-order valence-electron chi connectivity index (χ1n) is 10.6. The molecule has 4 heterocycles. The molecular weight excluding hydrogens is 467 g/mol. The minimum absolute atomic E-state index is 0.181. The van der Waals surface area contributed by atoms with E-state index < -0.39 is 0 Å². The molecule has 0 N–H and O–H groups in total. The number of hydrogen-bond donors (Lipinski definition) is 0. The molecule has 0 atom stereocenters.